The van der Waals surface area contributed by atoms with Crippen molar-refractivity contribution in [2.45, 2.75) is 69.9 Å². The van der Waals surface area contributed by atoms with Crippen LogP contribution in [0.3, 0.4) is 0 Å². The Morgan fingerprint density at radius 1 is 1.19 bits per heavy atom. The van der Waals surface area contributed by atoms with Crippen molar-refractivity contribution in [3.63, 3.8) is 0 Å². The Kier molecular flexibility index (Phi) is 2.57. The molecule has 8 rings (SSSR count). The van der Waals surface area contributed by atoms with Crippen LogP contribution in [0, 0.1) is 34.0 Å². The molecule has 3 N–H and O–H groups in total. The molecule has 0 aromatic rings. The van der Waals surface area contributed by atoms with Crippen molar-refractivity contribution in [1.29, 1.82) is 0 Å². The highest BCUT2D eigenvalue weighted by Gasteiger charge is 2.92. The molecule has 4 heterocycles. The summed E-state index contributed by atoms with van der Waals surface area (Å²) >= 11 is 0. The number of carbonyl (C=O) groups excluding carboxylic acids is 1. The van der Waals surface area contributed by atoms with Gasteiger partial charge in [-0.15, -0.1) is 0 Å². The summed E-state index contributed by atoms with van der Waals surface area (Å²) in [6.45, 7) is 8.14. The zero-order chi connectivity index (χ0) is 18.4. The third-order valence-electron chi connectivity index (χ3n) is 9.14. The smallest absolute Gasteiger partial charge is 0.211 e. The van der Waals surface area contributed by atoms with Gasteiger partial charge in [-0.2, -0.15) is 0 Å². The SMILES string of the molecule is C=C1C(=O)C23[C@@H]4OC5O[C@@]2(O)[C@@H](O)[C@@H]2C(C)(C)CCC(O)C52[C@@H]3CC[C@@H]14. The number of ketones is 1. The van der Waals surface area contributed by atoms with Crippen LogP contribution in [-0.4, -0.2) is 51.5 Å². The van der Waals surface area contributed by atoms with E-state index in [1.807, 2.05) is 0 Å². The minimum atomic E-state index is -1.97. The molecule has 0 aromatic heterocycles. The highest BCUT2D eigenvalue weighted by molar-refractivity contribution is 6.05. The van der Waals surface area contributed by atoms with E-state index in [-0.39, 0.29) is 23.0 Å². The molecular weight excluding hydrogens is 336 g/mol. The zero-order valence-electron chi connectivity index (χ0n) is 15.1. The highest BCUT2D eigenvalue weighted by Crippen LogP contribution is 2.81. The van der Waals surface area contributed by atoms with Gasteiger partial charge in [0.15, 0.2) is 12.1 Å². The Bertz CT molecular complexity index is 761. The first-order valence-electron chi connectivity index (χ1n) is 9.80. The first-order valence-corrected chi connectivity index (χ1v) is 9.80. The monoisotopic (exact) mass is 362 g/mol. The van der Waals surface area contributed by atoms with Crippen molar-refractivity contribution in [3.05, 3.63) is 12.2 Å². The predicted molar refractivity (Wildman–Crippen MR) is 88.4 cm³/mol. The quantitative estimate of drug-likeness (QED) is 0.550. The number of aliphatic hydroxyl groups is 3. The van der Waals surface area contributed by atoms with Gasteiger partial charge in [-0.05, 0) is 42.6 Å². The Morgan fingerprint density at radius 3 is 2.65 bits per heavy atom. The first kappa shape index (κ1) is 16.2. The maximum absolute atomic E-state index is 13.4. The average Bonchev–Trinajstić information content (AvgIpc) is 2.71. The average molecular weight is 362 g/mol. The fourth-order valence-electron chi connectivity index (χ4n) is 8.38. The third-order valence-corrected chi connectivity index (χ3v) is 9.14. The molecule has 26 heavy (non-hydrogen) atoms. The minimum absolute atomic E-state index is 0.133. The van der Waals surface area contributed by atoms with Crippen molar-refractivity contribution in [2.75, 3.05) is 0 Å². The molecule has 142 valence electrons. The third kappa shape index (κ3) is 1.19. The van der Waals surface area contributed by atoms with Crippen LogP contribution >= 0.6 is 0 Å². The zero-order valence-corrected chi connectivity index (χ0v) is 15.1. The van der Waals surface area contributed by atoms with Crippen molar-refractivity contribution in [3.8, 4) is 0 Å². The number of Topliss-reactive ketones (excluding diaryl/α,β-unsaturated/α-hetero) is 1. The van der Waals surface area contributed by atoms with E-state index in [1.54, 1.807) is 0 Å². The summed E-state index contributed by atoms with van der Waals surface area (Å²) in [7, 11) is 0. The number of hydrogen-bond donors (Lipinski definition) is 3. The number of ether oxygens (including phenoxy) is 2. The van der Waals surface area contributed by atoms with E-state index in [1.165, 1.54) is 0 Å². The normalized spacial score (nSPS) is 64.0. The molecular formula is C20H26O6. The Balaban J connectivity index is 1.70. The van der Waals surface area contributed by atoms with Crippen LogP contribution < -0.4 is 0 Å². The van der Waals surface area contributed by atoms with Crippen LogP contribution in [-0.2, 0) is 14.3 Å². The van der Waals surface area contributed by atoms with Gasteiger partial charge >= 0.3 is 0 Å². The van der Waals surface area contributed by atoms with E-state index < -0.39 is 47.1 Å². The van der Waals surface area contributed by atoms with E-state index in [4.69, 9.17) is 9.47 Å². The maximum Gasteiger partial charge on any atom is 0.211 e. The molecule has 4 unspecified atom stereocenters. The summed E-state index contributed by atoms with van der Waals surface area (Å²) in [5.41, 5.74) is -2.03. The Morgan fingerprint density at radius 2 is 1.92 bits per heavy atom. The van der Waals surface area contributed by atoms with Gasteiger partial charge in [0.05, 0.1) is 17.6 Å². The number of rotatable bonds is 0. The van der Waals surface area contributed by atoms with Gasteiger partial charge in [-0.1, -0.05) is 20.4 Å². The van der Waals surface area contributed by atoms with E-state index in [0.29, 0.717) is 18.4 Å². The van der Waals surface area contributed by atoms with Crippen molar-refractivity contribution >= 4 is 5.78 Å². The van der Waals surface area contributed by atoms with E-state index in [0.717, 1.165) is 12.8 Å². The fourth-order valence-corrected chi connectivity index (χ4v) is 8.38. The molecule has 8 fully saturated rings. The maximum atomic E-state index is 13.4. The summed E-state index contributed by atoms with van der Waals surface area (Å²) in [5.74, 6) is -2.99. The summed E-state index contributed by atoms with van der Waals surface area (Å²) < 4.78 is 12.3. The Labute approximate surface area is 152 Å². The minimum Gasteiger partial charge on any atom is -0.392 e. The second-order valence-corrected chi connectivity index (χ2v) is 10.1. The van der Waals surface area contributed by atoms with Gasteiger partial charge in [0.1, 0.15) is 11.5 Å². The van der Waals surface area contributed by atoms with Gasteiger partial charge in [0.25, 0.3) is 0 Å². The molecule has 10 atom stereocenters. The number of hydrogen-bond acceptors (Lipinski definition) is 6. The molecule has 6 nitrogen and oxygen atoms in total. The lowest BCUT2D eigenvalue weighted by Crippen LogP contribution is -2.91. The summed E-state index contributed by atoms with van der Waals surface area (Å²) in [6.07, 6.45) is -0.473. The van der Waals surface area contributed by atoms with Crippen molar-refractivity contribution < 1.29 is 29.6 Å². The molecule has 0 amide bonds. The standard InChI is InChI=1S/C20H26O6/c1-8-9-4-5-10-18-11(21)6-7-17(2,3)12(18)14(23)20(24)19(10,13(8)22)15(9)25-16(18)26-20/h9-12,14-16,21,23-24H,1,4-7H2,2-3H3/t9-,10-,11?,12+,14-,15+,16?,18?,19?,20-/m0/s1. The molecule has 2 spiro atoms. The summed E-state index contributed by atoms with van der Waals surface area (Å²) in [6, 6.07) is 0. The first-order chi connectivity index (χ1) is 12.1. The van der Waals surface area contributed by atoms with E-state index in [2.05, 4.69) is 20.4 Å². The van der Waals surface area contributed by atoms with Gasteiger partial charge < -0.3 is 24.8 Å². The van der Waals surface area contributed by atoms with Crippen LogP contribution in [0.1, 0.15) is 39.5 Å². The molecule has 4 aliphatic carbocycles. The lowest BCUT2D eigenvalue weighted by atomic mass is 9.34. The van der Waals surface area contributed by atoms with Crippen LogP contribution in [0.4, 0.5) is 0 Å². The largest absolute Gasteiger partial charge is 0.392 e. The second kappa shape index (κ2) is 4.13. The van der Waals surface area contributed by atoms with Crippen LogP contribution in [0.2, 0.25) is 0 Å². The van der Waals surface area contributed by atoms with E-state index in [9.17, 15) is 20.1 Å². The predicted octanol–water partition coefficient (Wildman–Crippen LogP) is 0.740. The van der Waals surface area contributed by atoms with E-state index >= 15 is 0 Å². The molecule has 4 aliphatic heterocycles. The molecule has 7 bridgehead atoms. The molecule has 0 radical (unpaired) electrons. The fraction of sp³-hybridized carbons (Fsp3) is 0.850. The number of aliphatic hydroxyl groups excluding tert-OH is 2. The van der Waals surface area contributed by atoms with Gasteiger partial charge in [-0.3, -0.25) is 4.79 Å². The van der Waals surface area contributed by atoms with Gasteiger partial charge in [0.2, 0.25) is 5.79 Å². The molecule has 4 saturated carbocycles. The molecule has 8 aliphatic rings. The van der Waals surface area contributed by atoms with Crippen LogP contribution in [0.25, 0.3) is 0 Å². The summed E-state index contributed by atoms with van der Waals surface area (Å²) in [4.78, 5) is 13.4. The van der Waals surface area contributed by atoms with Gasteiger partial charge in [-0.25, -0.2) is 0 Å². The lowest BCUT2D eigenvalue weighted by Gasteiger charge is -2.79. The van der Waals surface area contributed by atoms with Crippen LogP contribution in [0.5, 0.6) is 0 Å². The van der Waals surface area contributed by atoms with Crippen molar-refractivity contribution in [2.24, 2.45) is 34.0 Å². The highest BCUT2D eigenvalue weighted by atomic mass is 16.8. The molecule has 0 aromatic carbocycles. The Hall–Kier alpha value is -0.790. The number of carbonyl (C=O) groups is 1. The second-order valence-electron chi connectivity index (χ2n) is 10.1. The lowest BCUT2D eigenvalue weighted by molar-refractivity contribution is -0.556. The van der Waals surface area contributed by atoms with Gasteiger partial charge in [0, 0.05) is 11.8 Å². The topological polar surface area (TPSA) is 96.2 Å². The molecule has 4 saturated heterocycles. The van der Waals surface area contributed by atoms with Crippen LogP contribution in [0.15, 0.2) is 12.2 Å². The summed E-state index contributed by atoms with van der Waals surface area (Å²) in [5, 5.41) is 34.3. The molecule has 6 heteroatoms. The van der Waals surface area contributed by atoms with Crippen molar-refractivity contribution in [1.82, 2.24) is 0 Å².